The van der Waals surface area contributed by atoms with E-state index in [1.807, 2.05) is 0 Å². The Morgan fingerprint density at radius 2 is 0.643 bits per heavy atom. The smallest absolute Gasteiger partial charge is 0.139 e. The van der Waals surface area contributed by atoms with Crippen LogP contribution >= 0.6 is 0 Å². The summed E-state index contributed by atoms with van der Waals surface area (Å²) in [6.45, 7) is 13.9. The van der Waals surface area contributed by atoms with Crippen LogP contribution < -0.4 is 9.80 Å². The molecule has 4 heteroatoms. The maximum absolute atomic E-state index is 6.73. The number of benzene rings is 11. The number of anilines is 6. The first-order chi connectivity index (χ1) is 33.9. The summed E-state index contributed by atoms with van der Waals surface area (Å²) in [7, 11) is 0. The van der Waals surface area contributed by atoms with E-state index in [2.05, 4.69) is 258 Å². The lowest BCUT2D eigenvalue weighted by molar-refractivity contribution is 0.596. The second-order valence-electron chi connectivity index (χ2n) is 21.0. The third-order valence-electron chi connectivity index (χ3n) is 14.3. The van der Waals surface area contributed by atoms with Gasteiger partial charge in [-0.25, -0.2) is 0 Å². The Morgan fingerprint density at radius 3 is 1.07 bits per heavy atom. The van der Waals surface area contributed by atoms with Crippen LogP contribution in [0.3, 0.4) is 0 Å². The zero-order valence-electron chi connectivity index (χ0n) is 40.3. The summed E-state index contributed by atoms with van der Waals surface area (Å²) in [6, 6.07) is 74.9. The molecule has 70 heavy (non-hydrogen) atoms. The van der Waals surface area contributed by atoms with Crippen molar-refractivity contribution in [2.24, 2.45) is 0 Å². The Kier molecular flexibility index (Phi) is 9.32. The first-order valence-corrected chi connectivity index (χ1v) is 24.4. The van der Waals surface area contributed by atoms with Gasteiger partial charge >= 0.3 is 0 Å². The van der Waals surface area contributed by atoms with Crippen LogP contribution in [0.1, 0.15) is 52.7 Å². The lowest BCUT2D eigenvalue weighted by atomic mass is 9.81. The predicted octanol–water partition coefficient (Wildman–Crippen LogP) is 19.6. The van der Waals surface area contributed by atoms with Gasteiger partial charge in [0.15, 0.2) is 0 Å². The first kappa shape index (κ1) is 41.8. The Bertz CT molecular complexity index is 3940. The van der Waals surface area contributed by atoms with Crippen LogP contribution in [0.5, 0.6) is 0 Å². The van der Waals surface area contributed by atoms with Crippen LogP contribution in [0.4, 0.5) is 34.1 Å². The molecule has 0 saturated heterocycles. The molecule has 338 valence electrons. The molecule has 0 radical (unpaired) electrons. The summed E-state index contributed by atoms with van der Waals surface area (Å²) in [4.78, 5) is 4.82. The quantitative estimate of drug-likeness (QED) is 0.166. The van der Waals surface area contributed by atoms with Crippen molar-refractivity contribution in [3.05, 3.63) is 217 Å². The average Bonchev–Trinajstić information content (AvgIpc) is 3.89. The lowest BCUT2D eigenvalue weighted by Crippen LogP contribution is -2.19. The van der Waals surface area contributed by atoms with Crippen molar-refractivity contribution >= 4 is 121 Å². The first-order valence-electron chi connectivity index (χ1n) is 24.4. The summed E-state index contributed by atoms with van der Waals surface area (Å²) in [5.74, 6) is 0. The van der Waals surface area contributed by atoms with E-state index in [9.17, 15) is 0 Å². The monoisotopic (exact) mass is 904 g/mol. The molecule has 0 unspecified atom stereocenters. The highest BCUT2D eigenvalue weighted by molar-refractivity contribution is 6.18. The Labute approximate surface area is 407 Å². The van der Waals surface area contributed by atoms with Gasteiger partial charge in [0.05, 0.1) is 11.4 Å². The molecule has 4 nitrogen and oxygen atoms in total. The molecule has 2 heterocycles. The molecule has 0 fully saturated rings. The van der Waals surface area contributed by atoms with Crippen molar-refractivity contribution in [3.63, 3.8) is 0 Å². The number of hydrogen-bond acceptors (Lipinski definition) is 4. The van der Waals surface area contributed by atoms with E-state index in [-0.39, 0.29) is 10.8 Å². The molecule has 0 aliphatic heterocycles. The van der Waals surface area contributed by atoms with Crippen LogP contribution in [0.2, 0.25) is 0 Å². The van der Waals surface area contributed by atoms with Gasteiger partial charge in [-0.05, 0) is 156 Å². The second-order valence-corrected chi connectivity index (χ2v) is 21.0. The minimum Gasteiger partial charge on any atom is -0.456 e. The van der Waals surface area contributed by atoms with E-state index in [0.29, 0.717) is 0 Å². The summed E-state index contributed by atoms with van der Waals surface area (Å²) >= 11 is 0. The Balaban J connectivity index is 0.917. The molecule has 13 aromatic rings. The van der Waals surface area contributed by atoms with Crippen molar-refractivity contribution in [3.8, 4) is 0 Å². The van der Waals surface area contributed by atoms with Crippen LogP contribution in [0, 0.1) is 0 Å². The van der Waals surface area contributed by atoms with Gasteiger partial charge in [-0.3, -0.25) is 0 Å². The molecule has 2 aromatic heterocycles. The molecule has 0 N–H and O–H groups in total. The van der Waals surface area contributed by atoms with Gasteiger partial charge in [-0.1, -0.05) is 151 Å². The summed E-state index contributed by atoms with van der Waals surface area (Å²) in [5.41, 5.74) is 12.5. The van der Waals surface area contributed by atoms with E-state index in [1.165, 1.54) is 44.0 Å². The number of fused-ring (bicyclic) bond motifs is 10. The molecular weight excluding hydrogens is 853 g/mol. The molecule has 0 atom stereocenters. The predicted molar refractivity (Wildman–Crippen MR) is 298 cm³/mol. The van der Waals surface area contributed by atoms with E-state index < -0.39 is 0 Å². The average molecular weight is 905 g/mol. The topological polar surface area (TPSA) is 32.8 Å². The normalized spacial score (nSPS) is 12.4. The molecule has 13 rings (SSSR count). The number of hydrogen-bond donors (Lipinski definition) is 0. The molecule has 0 bridgehead atoms. The van der Waals surface area contributed by atoms with Gasteiger partial charge in [-0.2, -0.15) is 0 Å². The molecule has 0 aliphatic carbocycles. The van der Waals surface area contributed by atoms with Crippen molar-refractivity contribution in [2.75, 3.05) is 9.80 Å². The third kappa shape index (κ3) is 6.81. The largest absolute Gasteiger partial charge is 0.456 e. The molecule has 0 saturated carbocycles. The summed E-state index contributed by atoms with van der Waals surface area (Å²) in [5, 5.41) is 13.9. The molecule has 0 aliphatic rings. The number of rotatable bonds is 6. The number of nitrogens with zero attached hydrogens (tertiary/aromatic N) is 2. The van der Waals surface area contributed by atoms with E-state index in [4.69, 9.17) is 8.83 Å². The fourth-order valence-electron chi connectivity index (χ4n) is 11.3. The van der Waals surface area contributed by atoms with Crippen molar-refractivity contribution in [2.45, 2.75) is 52.4 Å². The number of para-hydroxylation sites is 2. The zero-order valence-corrected chi connectivity index (χ0v) is 40.3. The SMILES string of the molecule is CC(C)(C)c1c(N(c2ccccc2)c2ccc3cc4c(cc3c2)oc2cc3oc5cc6cc(N(c7ccccc7)c7ccc8ccccc8c7C(C)(C)C)ccc6cc5c3cc24)ccc2ccccc12. The van der Waals surface area contributed by atoms with Gasteiger partial charge in [0.2, 0.25) is 0 Å². The van der Waals surface area contributed by atoms with E-state index in [1.54, 1.807) is 0 Å². The highest BCUT2D eigenvalue weighted by Crippen LogP contribution is 2.48. The van der Waals surface area contributed by atoms with Crippen LogP contribution in [0.25, 0.3) is 87.0 Å². The number of furan rings is 2. The van der Waals surface area contributed by atoms with Crippen LogP contribution in [-0.4, -0.2) is 0 Å². The van der Waals surface area contributed by atoms with Crippen LogP contribution in [-0.2, 0) is 10.8 Å². The van der Waals surface area contributed by atoms with Crippen molar-refractivity contribution < 1.29 is 8.83 Å². The van der Waals surface area contributed by atoms with Crippen LogP contribution in [0.15, 0.2) is 215 Å². The zero-order chi connectivity index (χ0) is 47.5. The molecule has 11 aromatic carbocycles. The van der Waals surface area contributed by atoms with E-state index >= 15 is 0 Å². The maximum atomic E-state index is 6.73. The fraction of sp³-hybridized carbons (Fsp3) is 0.121. The summed E-state index contributed by atoms with van der Waals surface area (Å²) < 4.78 is 13.5. The Hall–Kier alpha value is -8.34. The summed E-state index contributed by atoms with van der Waals surface area (Å²) in [6.07, 6.45) is 0. The van der Waals surface area contributed by atoms with Gasteiger partial charge < -0.3 is 18.6 Å². The van der Waals surface area contributed by atoms with E-state index in [0.717, 1.165) is 88.2 Å². The molecular formula is C66H52N2O2. The van der Waals surface area contributed by atoms with Gasteiger partial charge in [0.25, 0.3) is 0 Å². The minimum atomic E-state index is -0.109. The molecule has 0 amide bonds. The maximum Gasteiger partial charge on any atom is 0.139 e. The minimum absolute atomic E-state index is 0.109. The highest BCUT2D eigenvalue weighted by atomic mass is 16.3. The van der Waals surface area contributed by atoms with Crippen molar-refractivity contribution in [1.82, 2.24) is 0 Å². The third-order valence-corrected chi connectivity index (χ3v) is 14.3. The fourth-order valence-corrected chi connectivity index (χ4v) is 11.3. The standard InChI is InChI=1S/C66H52N2O2/c1-65(2,3)63-51-23-15-13-17-41(51)27-31-57(63)67(47-19-9-7-10-20-47)49-29-25-43-35-53-55-39-56-54-36-44-26-30-50(34-46(44)38-60(54)70-62(56)40-61(55)69-59(53)37-45(43)33-49)68(48-21-11-8-12-22-48)58-32-28-42-18-14-16-24-52(42)64(58)66(4,5)6/h7-40H,1-6H3. The van der Waals surface area contributed by atoms with Gasteiger partial charge in [-0.15, -0.1) is 0 Å². The molecule has 0 spiro atoms. The van der Waals surface area contributed by atoms with Gasteiger partial charge in [0.1, 0.15) is 22.3 Å². The Morgan fingerprint density at radius 1 is 0.271 bits per heavy atom. The lowest BCUT2D eigenvalue weighted by Gasteiger charge is -2.33. The van der Waals surface area contributed by atoms with Gasteiger partial charge in [0, 0.05) is 50.4 Å². The highest BCUT2D eigenvalue weighted by Gasteiger charge is 2.28. The van der Waals surface area contributed by atoms with Crippen molar-refractivity contribution in [1.29, 1.82) is 0 Å². The second kappa shape index (κ2) is 15.6.